The number of nitrogens with one attached hydrogen (secondary N) is 1. The summed E-state index contributed by atoms with van der Waals surface area (Å²) in [4.78, 5) is 0. The van der Waals surface area contributed by atoms with Crippen molar-refractivity contribution in [1.82, 2.24) is 5.32 Å². The first-order valence-corrected chi connectivity index (χ1v) is 5.53. The van der Waals surface area contributed by atoms with Gasteiger partial charge in [0.15, 0.2) is 0 Å². The van der Waals surface area contributed by atoms with E-state index in [0.29, 0.717) is 6.04 Å². The Morgan fingerprint density at radius 2 is 2.27 bits per heavy atom. The fourth-order valence-corrected chi connectivity index (χ4v) is 1.29. The first-order valence-electron chi connectivity index (χ1n) is 4.14. The summed E-state index contributed by atoms with van der Waals surface area (Å²) in [6.07, 6.45) is 4.20. The van der Waals surface area contributed by atoms with E-state index < -0.39 is 0 Å². The van der Waals surface area contributed by atoms with Crippen LogP contribution in [-0.4, -0.2) is 36.3 Å². The lowest BCUT2D eigenvalue weighted by atomic mass is 10.2. The minimum absolute atomic E-state index is 0.288. The number of aliphatic hydroxyl groups excluding tert-OH is 1. The maximum Gasteiger partial charge on any atom is 0.0445 e. The molecule has 0 heterocycles. The van der Waals surface area contributed by atoms with E-state index in [-0.39, 0.29) is 6.61 Å². The van der Waals surface area contributed by atoms with E-state index in [1.54, 1.807) is 0 Å². The zero-order valence-electron chi connectivity index (χ0n) is 7.47. The van der Waals surface area contributed by atoms with Crippen molar-refractivity contribution in [1.29, 1.82) is 0 Å². The van der Waals surface area contributed by atoms with E-state index in [1.165, 1.54) is 12.2 Å². The first kappa shape index (κ1) is 11.3. The smallest absolute Gasteiger partial charge is 0.0445 e. The van der Waals surface area contributed by atoms with Crippen LogP contribution in [0.5, 0.6) is 0 Å². The van der Waals surface area contributed by atoms with Crippen LogP contribution in [0.3, 0.4) is 0 Å². The second-order valence-corrected chi connectivity index (χ2v) is 3.70. The van der Waals surface area contributed by atoms with Crippen LogP contribution in [-0.2, 0) is 0 Å². The van der Waals surface area contributed by atoms with Crippen LogP contribution in [0, 0.1) is 0 Å². The molecule has 0 rings (SSSR count). The highest BCUT2D eigenvalue weighted by Crippen LogP contribution is 1.95. The fraction of sp³-hybridized carbons (Fsp3) is 1.00. The van der Waals surface area contributed by atoms with Gasteiger partial charge in [-0.05, 0) is 38.3 Å². The zero-order chi connectivity index (χ0) is 8.53. The maximum absolute atomic E-state index is 8.60. The van der Waals surface area contributed by atoms with Gasteiger partial charge in [0.25, 0.3) is 0 Å². The van der Waals surface area contributed by atoms with Gasteiger partial charge in [-0.1, -0.05) is 0 Å². The molecule has 0 bridgehead atoms. The van der Waals surface area contributed by atoms with Crippen molar-refractivity contribution in [2.45, 2.75) is 25.8 Å². The van der Waals surface area contributed by atoms with Gasteiger partial charge in [-0.15, -0.1) is 0 Å². The summed E-state index contributed by atoms with van der Waals surface area (Å²) in [5, 5.41) is 11.9. The molecule has 0 aromatic rings. The van der Waals surface area contributed by atoms with Gasteiger partial charge in [-0.2, -0.15) is 11.8 Å². The molecule has 0 amide bonds. The molecule has 0 aliphatic rings. The highest BCUT2D eigenvalue weighted by atomic mass is 32.2. The van der Waals surface area contributed by atoms with Gasteiger partial charge in [-0.25, -0.2) is 0 Å². The molecule has 0 spiro atoms. The predicted molar refractivity (Wildman–Crippen MR) is 52.2 cm³/mol. The third-order valence-electron chi connectivity index (χ3n) is 1.58. The first-order chi connectivity index (χ1) is 5.31. The standard InChI is InChI=1S/C8H19NOS/c1-8(4-6-10)9-5-3-7-11-2/h8-10H,3-7H2,1-2H3. The van der Waals surface area contributed by atoms with Gasteiger partial charge in [0.05, 0.1) is 0 Å². The summed E-state index contributed by atoms with van der Waals surface area (Å²) in [6, 6.07) is 0.460. The second-order valence-electron chi connectivity index (χ2n) is 2.71. The molecule has 0 aromatic heterocycles. The summed E-state index contributed by atoms with van der Waals surface area (Å²) in [6.45, 7) is 3.47. The van der Waals surface area contributed by atoms with Crippen molar-refractivity contribution in [3.05, 3.63) is 0 Å². The van der Waals surface area contributed by atoms with Crippen molar-refractivity contribution in [3.63, 3.8) is 0 Å². The molecule has 3 heteroatoms. The number of aliphatic hydroxyl groups is 1. The molecule has 2 nitrogen and oxygen atoms in total. The Kier molecular flexibility index (Phi) is 8.57. The number of thioether (sulfide) groups is 1. The molecular formula is C8H19NOS. The van der Waals surface area contributed by atoms with E-state index >= 15 is 0 Å². The van der Waals surface area contributed by atoms with Crippen LogP contribution in [0.15, 0.2) is 0 Å². The molecular weight excluding hydrogens is 158 g/mol. The summed E-state index contributed by atoms with van der Waals surface area (Å²) >= 11 is 1.88. The Bertz CT molecular complexity index is 80.5. The fourth-order valence-electron chi connectivity index (χ4n) is 0.861. The monoisotopic (exact) mass is 177 g/mol. The average molecular weight is 177 g/mol. The van der Waals surface area contributed by atoms with E-state index in [4.69, 9.17) is 5.11 Å². The third-order valence-corrected chi connectivity index (χ3v) is 2.28. The second kappa shape index (κ2) is 8.37. The Morgan fingerprint density at radius 1 is 1.55 bits per heavy atom. The van der Waals surface area contributed by atoms with Crippen molar-refractivity contribution in [2.24, 2.45) is 0 Å². The molecule has 68 valence electrons. The molecule has 1 unspecified atom stereocenters. The topological polar surface area (TPSA) is 32.3 Å². The van der Waals surface area contributed by atoms with Gasteiger partial charge in [-0.3, -0.25) is 0 Å². The summed E-state index contributed by atoms with van der Waals surface area (Å²) in [7, 11) is 0. The van der Waals surface area contributed by atoms with Crippen molar-refractivity contribution < 1.29 is 5.11 Å². The van der Waals surface area contributed by atoms with Gasteiger partial charge in [0.1, 0.15) is 0 Å². The summed E-state index contributed by atoms with van der Waals surface area (Å²) in [5.74, 6) is 1.22. The highest BCUT2D eigenvalue weighted by Gasteiger charge is 1.97. The number of rotatable bonds is 7. The van der Waals surface area contributed by atoms with E-state index in [9.17, 15) is 0 Å². The number of hydrogen-bond donors (Lipinski definition) is 2. The molecule has 0 radical (unpaired) electrons. The maximum atomic E-state index is 8.60. The van der Waals surface area contributed by atoms with E-state index in [0.717, 1.165) is 13.0 Å². The molecule has 0 saturated carbocycles. The van der Waals surface area contributed by atoms with Crippen LogP contribution in [0.25, 0.3) is 0 Å². The van der Waals surface area contributed by atoms with Gasteiger partial charge in [0, 0.05) is 12.6 Å². The number of hydrogen-bond acceptors (Lipinski definition) is 3. The SMILES string of the molecule is CSCCCNC(C)CCO. The Hall–Kier alpha value is 0.270. The summed E-state index contributed by atoms with van der Waals surface area (Å²) < 4.78 is 0. The van der Waals surface area contributed by atoms with Crippen molar-refractivity contribution in [3.8, 4) is 0 Å². The Morgan fingerprint density at radius 3 is 2.82 bits per heavy atom. The molecule has 0 aliphatic carbocycles. The van der Waals surface area contributed by atoms with E-state index in [2.05, 4.69) is 18.5 Å². The zero-order valence-corrected chi connectivity index (χ0v) is 8.28. The molecule has 1 atom stereocenters. The molecule has 0 saturated heterocycles. The average Bonchev–Trinajstić information content (AvgIpc) is 1.99. The normalized spacial score (nSPS) is 13.4. The van der Waals surface area contributed by atoms with Crippen LogP contribution in [0.4, 0.5) is 0 Å². The lowest BCUT2D eigenvalue weighted by Gasteiger charge is -2.11. The molecule has 0 aliphatic heterocycles. The van der Waals surface area contributed by atoms with Gasteiger partial charge >= 0.3 is 0 Å². The highest BCUT2D eigenvalue weighted by molar-refractivity contribution is 7.98. The Balaban J connectivity index is 2.97. The van der Waals surface area contributed by atoms with Crippen LogP contribution < -0.4 is 5.32 Å². The van der Waals surface area contributed by atoms with Crippen molar-refractivity contribution in [2.75, 3.05) is 25.2 Å². The van der Waals surface area contributed by atoms with Gasteiger partial charge in [0.2, 0.25) is 0 Å². The molecule has 2 N–H and O–H groups in total. The van der Waals surface area contributed by atoms with Crippen LogP contribution >= 0.6 is 11.8 Å². The molecule has 0 fully saturated rings. The molecule has 0 aromatic carbocycles. The van der Waals surface area contributed by atoms with Crippen LogP contribution in [0.1, 0.15) is 19.8 Å². The van der Waals surface area contributed by atoms with Crippen molar-refractivity contribution >= 4 is 11.8 Å². The van der Waals surface area contributed by atoms with Gasteiger partial charge < -0.3 is 10.4 Å². The quantitative estimate of drug-likeness (QED) is 0.571. The predicted octanol–water partition coefficient (Wildman–Crippen LogP) is 1.10. The lowest BCUT2D eigenvalue weighted by Crippen LogP contribution is -2.28. The Labute approximate surface area is 73.8 Å². The van der Waals surface area contributed by atoms with E-state index in [1.807, 2.05) is 11.8 Å². The summed E-state index contributed by atoms with van der Waals surface area (Å²) in [5.41, 5.74) is 0. The minimum Gasteiger partial charge on any atom is -0.396 e. The molecule has 11 heavy (non-hydrogen) atoms. The largest absolute Gasteiger partial charge is 0.396 e. The third kappa shape index (κ3) is 8.17. The lowest BCUT2D eigenvalue weighted by molar-refractivity contribution is 0.269. The van der Waals surface area contributed by atoms with Crippen LogP contribution in [0.2, 0.25) is 0 Å². The minimum atomic E-state index is 0.288.